The molecule has 2 aromatic rings. The Hall–Kier alpha value is -1.42. The fourth-order valence-corrected chi connectivity index (χ4v) is 3.96. The number of aromatic nitrogens is 1. The lowest BCUT2D eigenvalue weighted by Gasteiger charge is -2.34. The number of piperazine rings is 1. The van der Waals surface area contributed by atoms with E-state index in [-0.39, 0.29) is 0 Å². The van der Waals surface area contributed by atoms with Crippen LogP contribution in [-0.2, 0) is 13.1 Å². The molecule has 2 atom stereocenters. The molecule has 0 radical (unpaired) electrons. The van der Waals surface area contributed by atoms with Crippen LogP contribution in [0.25, 0.3) is 0 Å². The summed E-state index contributed by atoms with van der Waals surface area (Å²) in [6.45, 7) is 4.23. The smallest absolute Gasteiger partial charge is 0.0544 e. The van der Waals surface area contributed by atoms with Crippen LogP contribution in [0.2, 0.25) is 5.02 Å². The maximum Gasteiger partial charge on any atom is 0.0544 e. The highest BCUT2D eigenvalue weighted by molar-refractivity contribution is 6.31. The number of benzene rings is 1. The van der Waals surface area contributed by atoms with Gasteiger partial charge in [0.2, 0.25) is 0 Å². The van der Waals surface area contributed by atoms with Crippen LogP contribution in [0.1, 0.15) is 17.7 Å². The van der Waals surface area contributed by atoms with Crippen molar-refractivity contribution >= 4 is 11.6 Å². The maximum atomic E-state index is 6.30. The second kappa shape index (κ2) is 5.99. The van der Waals surface area contributed by atoms with Crippen LogP contribution in [0, 0.1) is 0 Å². The topological polar surface area (TPSA) is 19.4 Å². The largest absolute Gasteiger partial charge is 0.293 e. The van der Waals surface area contributed by atoms with E-state index in [0.717, 1.165) is 31.2 Å². The minimum atomic E-state index is 0.657. The van der Waals surface area contributed by atoms with Gasteiger partial charge in [-0.25, -0.2) is 0 Å². The third-order valence-corrected chi connectivity index (χ3v) is 5.26. The van der Waals surface area contributed by atoms with Crippen LogP contribution in [0.15, 0.2) is 48.7 Å². The standard InChI is InChI=1S/C18H20ClN3/c19-18-7-2-1-5-14(18)10-21-12-17-9-16(21)13-22(17)11-15-6-3-4-8-20-15/h1-8,16-17H,9-13H2. The van der Waals surface area contributed by atoms with E-state index in [4.69, 9.17) is 11.6 Å². The lowest BCUT2D eigenvalue weighted by molar-refractivity contribution is 0.117. The van der Waals surface area contributed by atoms with Gasteiger partial charge in [0.1, 0.15) is 0 Å². The number of nitrogens with zero attached hydrogens (tertiary/aromatic N) is 3. The molecule has 2 saturated heterocycles. The number of hydrogen-bond donors (Lipinski definition) is 0. The van der Waals surface area contributed by atoms with Crippen LogP contribution < -0.4 is 0 Å². The van der Waals surface area contributed by atoms with E-state index in [1.807, 2.05) is 24.4 Å². The van der Waals surface area contributed by atoms with Crippen molar-refractivity contribution in [2.75, 3.05) is 13.1 Å². The first-order chi connectivity index (χ1) is 10.8. The lowest BCUT2D eigenvalue weighted by Crippen LogP contribution is -2.45. The number of hydrogen-bond acceptors (Lipinski definition) is 3. The molecule has 0 saturated carbocycles. The van der Waals surface area contributed by atoms with Crippen LogP contribution >= 0.6 is 11.6 Å². The molecule has 0 amide bonds. The van der Waals surface area contributed by atoms with Crippen molar-refractivity contribution in [2.24, 2.45) is 0 Å². The average molecular weight is 314 g/mol. The van der Waals surface area contributed by atoms with E-state index in [0.29, 0.717) is 12.1 Å². The zero-order valence-corrected chi connectivity index (χ0v) is 13.3. The van der Waals surface area contributed by atoms with E-state index in [1.54, 1.807) is 0 Å². The molecule has 2 bridgehead atoms. The van der Waals surface area contributed by atoms with E-state index < -0.39 is 0 Å². The molecule has 22 heavy (non-hydrogen) atoms. The summed E-state index contributed by atoms with van der Waals surface area (Å²) in [7, 11) is 0. The molecule has 4 rings (SSSR count). The van der Waals surface area contributed by atoms with Crippen molar-refractivity contribution in [3.8, 4) is 0 Å². The van der Waals surface area contributed by atoms with Crippen molar-refractivity contribution in [1.82, 2.24) is 14.8 Å². The fourth-order valence-electron chi connectivity index (χ4n) is 3.76. The van der Waals surface area contributed by atoms with Gasteiger partial charge in [-0.05, 0) is 30.2 Å². The summed E-state index contributed by atoms with van der Waals surface area (Å²) in [5.41, 5.74) is 2.42. The second-order valence-corrected chi connectivity index (χ2v) is 6.72. The van der Waals surface area contributed by atoms with Crippen molar-refractivity contribution in [3.63, 3.8) is 0 Å². The van der Waals surface area contributed by atoms with Gasteiger partial charge in [0.05, 0.1) is 5.69 Å². The van der Waals surface area contributed by atoms with E-state index in [1.165, 1.54) is 17.7 Å². The predicted molar refractivity (Wildman–Crippen MR) is 88.7 cm³/mol. The summed E-state index contributed by atoms with van der Waals surface area (Å²) in [6.07, 6.45) is 3.16. The molecule has 1 aromatic carbocycles. The molecule has 2 aliphatic heterocycles. The summed E-state index contributed by atoms with van der Waals surface area (Å²) in [5, 5.41) is 0.885. The summed E-state index contributed by atoms with van der Waals surface area (Å²) >= 11 is 6.30. The molecule has 2 fully saturated rings. The minimum Gasteiger partial charge on any atom is -0.293 e. The first kappa shape index (κ1) is 14.2. The Morgan fingerprint density at radius 3 is 2.36 bits per heavy atom. The summed E-state index contributed by atoms with van der Waals surface area (Å²) in [5.74, 6) is 0. The molecule has 0 aliphatic carbocycles. The van der Waals surface area contributed by atoms with Gasteiger partial charge in [-0.15, -0.1) is 0 Å². The molecule has 0 N–H and O–H groups in total. The third kappa shape index (κ3) is 2.76. The van der Waals surface area contributed by atoms with Crippen molar-refractivity contribution in [2.45, 2.75) is 31.6 Å². The Balaban J connectivity index is 1.39. The molecule has 1 aromatic heterocycles. The number of halogens is 1. The van der Waals surface area contributed by atoms with Crippen LogP contribution in [0.3, 0.4) is 0 Å². The molecular formula is C18H20ClN3. The SMILES string of the molecule is Clc1ccccc1CN1CC2CC1CN2Cc1ccccn1. The molecule has 0 spiro atoms. The van der Waals surface area contributed by atoms with Crippen molar-refractivity contribution in [3.05, 3.63) is 64.9 Å². The zero-order chi connectivity index (χ0) is 14.9. The monoisotopic (exact) mass is 313 g/mol. The highest BCUT2D eigenvalue weighted by atomic mass is 35.5. The Bertz CT molecular complexity index is 646. The van der Waals surface area contributed by atoms with Crippen molar-refractivity contribution < 1.29 is 0 Å². The van der Waals surface area contributed by atoms with Crippen LogP contribution in [-0.4, -0.2) is 40.0 Å². The fraction of sp³-hybridized carbons (Fsp3) is 0.389. The zero-order valence-electron chi connectivity index (χ0n) is 12.5. The normalized spacial score (nSPS) is 25.0. The van der Waals surface area contributed by atoms with Gasteiger partial charge >= 0.3 is 0 Å². The van der Waals surface area contributed by atoms with E-state index in [9.17, 15) is 0 Å². The summed E-state index contributed by atoms with van der Waals surface area (Å²) < 4.78 is 0. The summed E-state index contributed by atoms with van der Waals surface area (Å²) in [4.78, 5) is 9.62. The number of fused-ring (bicyclic) bond motifs is 2. The maximum absolute atomic E-state index is 6.30. The first-order valence-electron chi connectivity index (χ1n) is 7.91. The summed E-state index contributed by atoms with van der Waals surface area (Å²) in [6, 6.07) is 15.7. The highest BCUT2D eigenvalue weighted by Crippen LogP contribution is 2.33. The predicted octanol–water partition coefficient (Wildman–Crippen LogP) is 3.19. The van der Waals surface area contributed by atoms with Crippen molar-refractivity contribution in [1.29, 1.82) is 0 Å². The van der Waals surface area contributed by atoms with Gasteiger partial charge < -0.3 is 0 Å². The van der Waals surface area contributed by atoms with Crippen LogP contribution in [0.5, 0.6) is 0 Å². The molecule has 2 aliphatic rings. The van der Waals surface area contributed by atoms with E-state index in [2.05, 4.69) is 39.0 Å². The van der Waals surface area contributed by atoms with Gasteiger partial charge in [-0.2, -0.15) is 0 Å². The molecule has 4 heteroatoms. The number of likely N-dealkylation sites (tertiary alicyclic amines) is 2. The minimum absolute atomic E-state index is 0.657. The third-order valence-electron chi connectivity index (χ3n) is 4.89. The first-order valence-corrected chi connectivity index (χ1v) is 8.29. The van der Waals surface area contributed by atoms with E-state index >= 15 is 0 Å². The number of rotatable bonds is 4. The van der Waals surface area contributed by atoms with Crippen LogP contribution in [0.4, 0.5) is 0 Å². The Labute approximate surface area is 136 Å². The molecular weight excluding hydrogens is 294 g/mol. The lowest BCUT2D eigenvalue weighted by atomic mass is 10.2. The highest BCUT2D eigenvalue weighted by Gasteiger charge is 2.42. The van der Waals surface area contributed by atoms with Gasteiger partial charge in [-0.3, -0.25) is 14.8 Å². The molecule has 3 nitrogen and oxygen atoms in total. The van der Waals surface area contributed by atoms with Gasteiger partial charge in [0.15, 0.2) is 0 Å². The quantitative estimate of drug-likeness (QED) is 0.864. The van der Waals surface area contributed by atoms with Gasteiger partial charge in [0.25, 0.3) is 0 Å². The Kier molecular flexibility index (Phi) is 3.87. The Morgan fingerprint density at radius 1 is 0.955 bits per heavy atom. The van der Waals surface area contributed by atoms with Gasteiger partial charge in [0, 0.05) is 49.5 Å². The molecule has 2 unspecified atom stereocenters. The molecule has 114 valence electrons. The number of pyridine rings is 1. The average Bonchev–Trinajstić information content (AvgIpc) is 3.10. The molecule has 3 heterocycles. The Morgan fingerprint density at radius 2 is 1.68 bits per heavy atom. The van der Waals surface area contributed by atoms with Gasteiger partial charge in [-0.1, -0.05) is 35.9 Å². The second-order valence-electron chi connectivity index (χ2n) is 6.31.